The number of rotatable bonds is 10. The molecule has 2 atom stereocenters. The molecule has 0 saturated carbocycles. The topological polar surface area (TPSA) is 125 Å². The second-order valence-electron chi connectivity index (χ2n) is 5.12. The SMILES string of the molecule is CSCC[C@H](NC(=O)[C@@H](CO)NC(=O)OCc1ccccc1)C(=O)O. The number of amides is 2. The number of hydrogen-bond acceptors (Lipinski definition) is 6. The summed E-state index contributed by atoms with van der Waals surface area (Å²) in [6.07, 6.45) is 1.18. The van der Waals surface area contributed by atoms with Crippen LogP contribution < -0.4 is 10.6 Å². The van der Waals surface area contributed by atoms with Gasteiger partial charge in [0, 0.05) is 0 Å². The van der Waals surface area contributed by atoms with E-state index < -0.39 is 36.7 Å². The third-order valence-electron chi connectivity index (χ3n) is 3.23. The predicted octanol–water partition coefficient (Wildman–Crippen LogP) is 0.596. The maximum absolute atomic E-state index is 12.1. The lowest BCUT2D eigenvalue weighted by molar-refractivity contribution is -0.142. The highest BCUT2D eigenvalue weighted by atomic mass is 32.2. The average molecular weight is 370 g/mol. The minimum absolute atomic E-state index is 0.0118. The molecule has 1 aromatic carbocycles. The molecule has 0 saturated heterocycles. The highest BCUT2D eigenvalue weighted by molar-refractivity contribution is 7.98. The largest absolute Gasteiger partial charge is 0.480 e. The Morgan fingerprint density at radius 2 is 1.84 bits per heavy atom. The molecule has 0 aliphatic carbocycles. The first-order valence-electron chi connectivity index (χ1n) is 7.58. The molecule has 0 radical (unpaired) electrons. The van der Waals surface area contributed by atoms with Crippen LogP contribution in [-0.2, 0) is 20.9 Å². The van der Waals surface area contributed by atoms with Gasteiger partial charge >= 0.3 is 12.1 Å². The van der Waals surface area contributed by atoms with Gasteiger partial charge in [-0.05, 0) is 24.0 Å². The van der Waals surface area contributed by atoms with Gasteiger partial charge in [-0.15, -0.1) is 0 Å². The Morgan fingerprint density at radius 3 is 2.40 bits per heavy atom. The number of aliphatic hydroxyl groups is 1. The summed E-state index contributed by atoms with van der Waals surface area (Å²) in [6.45, 7) is -0.668. The number of carboxylic acid groups (broad SMARTS) is 1. The number of nitrogens with one attached hydrogen (secondary N) is 2. The molecule has 1 aromatic rings. The van der Waals surface area contributed by atoms with Crippen LogP contribution in [0.2, 0.25) is 0 Å². The zero-order valence-electron chi connectivity index (χ0n) is 13.8. The van der Waals surface area contributed by atoms with Crippen molar-refractivity contribution in [2.45, 2.75) is 25.1 Å². The van der Waals surface area contributed by atoms with Gasteiger partial charge in [-0.2, -0.15) is 11.8 Å². The van der Waals surface area contributed by atoms with Crippen molar-refractivity contribution in [1.82, 2.24) is 10.6 Å². The average Bonchev–Trinajstić information content (AvgIpc) is 2.61. The summed E-state index contributed by atoms with van der Waals surface area (Å²) in [5.41, 5.74) is 0.769. The lowest BCUT2D eigenvalue weighted by Gasteiger charge is -2.19. The normalized spacial score (nSPS) is 12.7. The van der Waals surface area contributed by atoms with Crippen molar-refractivity contribution in [3.63, 3.8) is 0 Å². The maximum atomic E-state index is 12.1. The van der Waals surface area contributed by atoms with E-state index in [2.05, 4.69) is 10.6 Å². The third kappa shape index (κ3) is 7.90. The number of benzene rings is 1. The molecule has 25 heavy (non-hydrogen) atoms. The van der Waals surface area contributed by atoms with Gasteiger partial charge in [-0.1, -0.05) is 30.3 Å². The van der Waals surface area contributed by atoms with Crippen LogP contribution in [0.15, 0.2) is 30.3 Å². The van der Waals surface area contributed by atoms with E-state index >= 15 is 0 Å². The van der Waals surface area contributed by atoms with Gasteiger partial charge in [0.15, 0.2) is 0 Å². The quantitative estimate of drug-likeness (QED) is 0.475. The summed E-state index contributed by atoms with van der Waals surface area (Å²) in [6, 6.07) is 6.57. The minimum atomic E-state index is -1.29. The van der Waals surface area contributed by atoms with Crippen LogP contribution in [0.3, 0.4) is 0 Å². The van der Waals surface area contributed by atoms with Gasteiger partial charge in [0.05, 0.1) is 6.61 Å². The monoisotopic (exact) mass is 370 g/mol. The second-order valence-corrected chi connectivity index (χ2v) is 6.11. The molecule has 0 heterocycles. The van der Waals surface area contributed by atoms with Crippen LogP contribution in [0.25, 0.3) is 0 Å². The molecule has 1 rings (SSSR count). The van der Waals surface area contributed by atoms with Gasteiger partial charge in [0.25, 0.3) is 0 Å². The molecule has 4 N–H and O–H groups in total. The molecule has 9 heteroatoms. The molecule has 0 unspecified atom stereocenters. The van der Waals surface area contributed by atoms with Crippen LogP contribution in [0.5, 0.6) is 0 Å². The molecular weight excluding hydrogens is 348 g/mol. The van der Waals surface area contributed by atoms with Crippen molar-refractivity contribution in [3.8, 4) is 0 Å². The number of ether oxygens (including phenoxy) is 1. The van der Waals surface area contributed by atoms with Crippen molar-refractivity contribution < 1.29 is 29.3 Å². The molecule has 0 aliphatic heterocycles. The minimum Gasteiger partial charge on any atom is -0.480 e. The Hall–Kier alpha value is -2.26. The number of alkyl carbamates (subject to hydrolysis) is 1. The van der Waals surface area contributed by atoms with Crippen molar-refractivity contribution >= 4 is 29.7 Å². The van der Waals surface area contributed by atoms with Crippen molar-refractivity contribution in [1.29, 1.82) is 0 Å². The number of carboxylic acids is 1. The van der Waals surface area contributed by atoms with Crippen LogP contribution >= 0.6 is 11.8 Å². The Morgan fingerprint density at radius 1 is 1.16 bits per heavy atom. The predicted molar refractivity (Wildman–Crippen MR) is 93.2 cm³/mol. The maximum Gasteiger partial charge on any atom is 0.408 e. The number of aliphatic carboxylic acids is 1. The lowest BCUT2D eigenvalue weighted by Crippen LogP contribution is -2.53. The smallest absolute Gasteiger partial charge is 0.408 e. The third-order valence-corrected chi connectivity index (χ3v) is 3.87. The molecule has 2 amide bonds. The number of aliphatic hydroxyl groups excluding tert-OH is 1. The van der Waals surface area contributed by atoms with Gasteiger partial charge < -0.3 is 25.6 Å². The van der Waals surface area contributed by atoms with E-state index in [1.807, 2.05) is 12.3 Å². The first-order chi connectivity index (χ1) is 12.0. The molecule has 8 nitrogen and oxygen atoms in total. The Labute approximate surface area is 149 Å². The summed E-state index contributed by atoms with van der Waals surface area (Å²) < 4.78 is 4.97. The summed E-state index contributed by atoms with van der Waals surface area (Å²) in [5, 5.41) is 22.9. The van der Waals surface area contributed by atoms with Gasteiger partial charge in [-0.25, -0.2) is 9.59 Å². The number of hydrogen-bond donors (Lipinski definition) is 4. The number of carbonyl (C=O) groups is 3. The number of carbonyl (C=O) groups excluding carboxylic acids is 2. The van der Waals surface area contributed by atoms with Gasteiger partial charge in [0.1, 0.15) is 18.7 Å². The van der Waals surface area contributed by atoms with E-state index in [1.54, 1.807) is 24.3 Å². The van der Waals surface area contributed by atoms with Crippen LogP contribution in [0.4, 0.5) is 4.79 Å². The Kier molecular flexibility index (Phi) is 9.41. The fraction of sp³-hybridized carbons (Fsp3) is 0.438. The number of thioether (sulfide) groups is 1. The van der Waals surface area contributed by atoms with E-state index in [4.69, 9.17) is 9.84 Å². The van der Waals surface area contributed by atoms with E-state index in [9.17, 15) is 19.5 Å². The molecule has 138 valence electrons. The summed E-state index contributed by atoms with van der Waals surface area (Å²) in [4.78, 5) is 34.9. The molecular formula is C16H22N2O6S. The zero-order valence-corrected chi connectivity index (χ0v) is 14.6. The van der Waals surface area contributed by atoms with E-state index in [1.165, 1.54) is 11.8 Å². The lowest BCUT2D eigenvalue weighted by atomic mass is 10.2. The molecule has 0 aliphatic rings. The Balaban J connectivity index is 2.51. The molecule has 0 bridgehead atoms. The zero-order chi connectivity index (χ0) is 18.7. The fourth-order valence-electron chi connectivity index (χ4n) is 1.87. The molecule has 0 aromatic heterocycles. The van der Waals surface area contributed by atoms with Gasteiger partial charge in [0.2, 0.25) is 5.91 Å². The van der Waals surface area contributed by atoms with Gasteiger partial charge in [-0.3, -0.25) is 4.79 Å². The van der Waals surface area contributed by atoms with Crippen molar-refractivity contribution in [2.75, 3.05) is 18.6 Å². The van der Waals surface area contributed by atoms with Crippen LogP contribution in [0, 0.1) is 0 Å². The standard InChI is InChI=1S/C16H22N2O6S/c1-25-8-7-12(15(21)22)17-14(20)13(9-19)18-16(23)24-10-11-5-3-2-4-6-11/h2-6,12-13,19H,7-10H2,1H3,(H,17,20)(H,18,23)(H,21,22)/t12-,13+/m0/s1. The van der Waals surface area contributed by atoms with E-state index in [-0.39, 0.29) is 13.0 Å². The summed E-state index contributed by atoms with van der Waals surface area (Å²) in [5.74, 6) is -1.41. The Bertz CT molecular complexity index is 569. The highest BCUT2D eigenvalue weighted by Gasteiger charge is 2.26. The van der Waals surface area contributed by atoms with Crippen molar-refractivity contribution in [2.24, 2.45) is 0 Å². The fourth-order valence-corrected chi connectivity index (χ4v) is 2.34. The summed E-state index contributed by atoms with van der Waals surface area (Å²) in [7, 11) is 0. The second kappa shape index (κ2) is 11.3. The highest BCUT2D eigenvalue weighted by Crippen LogP contribution is 2.03. The van der Waals surface area contributed by atoms with Crippen LogP contribution in [-0.4, -0.2) is 58.9 Å². The molecule has 0 fully saturated rings. The molecule has 0 spiro atoms. The summed E-state index contributed by atoms with van der Waals surface area (Å²) >= 11 is 1.45. The first kappa shape index (κ1) is 20.8. The first-order valence-corrected chi connectivity index (χ1v) is 8.97. The van der Waals surface area contributed by atoms with E-state index in [0.717, 1.165) is 5.56 Å². The van der Waals surface area contributed by atoms with Crippen LogP contribution in [0.1, 0.15) is 12.0 Å². The van der Waals surface area contributed by atoms with E-state index in [0.29, 0.717) is 5.75 Å². The van der Waals surface area contributed by atoms with Crippen molar-refractivity contribution in [3.05, 3.63) is 35.9 Å².